The average molecular weight is 347 g/mol. The summed E-state index contributed by atoms with van der Waals surface area (Å²) >= 11 is 0. The van der Waals surface area contributed by atoms with Gasteiger partial charge in [0.15, 0.2) is 0 Å². The first kappa shape index (κ1) is 19.4. The van der Waals surface area contributed by atoms with Crippen molar-refractivity contribution in [2.75, 3.05) is 13.2 Å². The van der Waals surface area contributed by atoms with Gasteiger partial charge in [-0.25, -0.2) is 0 Å². The van der Waals surface area contributed by atoms with Crippen LogP contribution in [0, 0.1) is 0 Å². The molecule has 0 aromatic heterocycles. The molecule has 1 fully saturated rings. The Bertz CT molecular complexity index is 595. The highest BCUT2D eigenvalue weighted by Gasteiger charge is 2.26. The highest BCUT2D eigenvalue weighted by molar-refractivity contribution is 5.94. The van der Waals surface area contributed by atoms with Gasteiger partial charge < -0.3 is 21.1 Å². The molecule has 6 heteroatoms. The van der Waals surface area contributed by atoms with Gasteiger partial charge in [-0.2, -0.15) is 0 Å². The number of nitrogens with one attached hydrogen (secondary N) is 2. The zero-order valence-electron chi connectivity index (χ0n) is 15.1. The Hall–Kier alpha value is -1.92. The molecule has 0 aliphatic carbocycles. The second-order valence-corrected chi connectivity index (χ2v) is 6.90. The van der Waals surface area contributed by atoms with Gasteiger partial charge >= 0.3 is 0 Å². The lowest BCUT2D eigenvalue weighted by molar-refractivity contribution is -0.126. The van der Waals surface area contributed by atoms with Crippen LogP contribution in [-0.2, 0) is 16.1 Å². The van der Waals surface area contributed by atoms with Crippen LogP contribution in [-0.4, -0.2) is 36.6 Å². The van der Waals surface area contributed by atoms with E-state index in [1.807, 2.05) is 19.1 Å². The highest BCUT2D eigenvalue weighted by Crippen LogP contribution is 2.12. The molecule has 1 aromatic rings. The van der Waals surface area contributed by atoms with Crippen molar-refractivity contribution >= 4 is 11.8 Å². The largest absolute Gasteiger partial charge is 0.376 e. The summed E-state index contributed by atoms with van der Waals surface area (Å²) in [5, 5.41) is 5.75. The first-order chi connectivity index (χ1) is 11.9. The number of rotatable bonds is 8. The van der Waals surface area contributed by atoms with Gasteiger partial charge in [0.1, 0.15) is 0 Å². The predicted molar refractivity (Wildman–Crippen MR) is 97.1 cm³/mol. The van der Waals surface area contributed by atoms with Gasteiger partial charge in [0.25, 0.3) is 5.91 Å². The fourth-order valence-corrected chi connectivity index (χ4v) is 2.95. The van der Waals surface area contributed by atoms with E-state index < -0.39 is 5.54 Å². The summed E-state index contributed by atoms with van der Waals surface area (Å²) in [5.74, 6) is -0.305. The van der Waals surface area contributed by atoms with E-state index in [4.69, 9.17) is 10.5 Å². The number of benzene rings is 1. The van der Waals surface area contributed by atoms with Crippen molar-refractivity contribution in [3.8, 4) is 0 Å². The van der Waals surface area contributed by atoms with E-state index >= 15 is 0 Å². The predicted octanol–water partition coefficient (Wildman–Crippen LogP) is 1.73. The maximum absolute atomic E-state index is 12.3. The monoisotopic (exact) mass is 347 g/mol. The number of amides is 2. The van der Waals surface area contributed by atoms with E-state index in [1.165, 1.54) is 0 Å². The molecule has 2 rings (SSSR count). The zero-order chi connectivity index (χ0) is 18.3. The van der Waals surface area contributed by atoms with Crippen LogP contribution >= 0.6 is 0 Å². The molecule has 4 N–H and O–H groups in total. The lowest BCUT2D eigenvalue weighted by Gasteiger charge is -2.22. The molecule has 0 radical (unpaired) electrons. The molecule has 2 unspecified atom stereocenters. The second kappa shape index (κ2) is 8.97. The maximum atomic E-state index is 12.3. The van der Waals surface area contributed by atoms with Crippen LogP contribution in [0.25, 0.3) is 0 Å². The summed E-state index contributed by atoms with van der Waals surface area (Å²) in [4.78, 5) is 24.4. The molecule has 0 bridgehead atoms. The Morgan fingerprint density at radius 3 is 2.84 bits per heavy atom. The lowest BCUT2D eigenvalue weighted by atomic mass is 9.96. The van der Waals surface area contributed by atoms with Crippen molar-refractivity contribution < 1.29 is 14.3 Å². The summed E-state index contributed by atoms with van der Waals surface area (Å²) in [6.07, 6.45) is 3.63. The van der Waals surface area contributed by atoms with Crippen LogP contribution in [0.2, 0.25) is 0 Å². The van der Waals surface area contributed by atoms with E-state index in [-0.39, 0.29) is 17.9 Å². The summed E-state index contributed by atoms with van der Waals surface area (Å²) in [5.41, 5.74) is 6.60. The van der Waals surface area contributed by atoms with Crippen molar-refractivity contribution in [1.29, 1.82) is 0 Å². The number of carbonyl (C=O) groups is 2. The van der Waals surface area contributed by atoms with Crippen molar-refractivity contribution in [1.82, 2.24) is 10.6 Å². The summed E-state index contributed by atoms with van der Waals surface area (Å²) in [6.45, 7) is 5.39. The highest BCUT2D eigenvalue weighted by atomic mass is 16.5. The molecule has 1 heterocycles. The fourth-order valence-electron chi connectivity index (χ4n) is 2.95. The van der Waals surface area contributed by atoms with Crippen molar-refractivity contribution in [3.05, 3.63) is 35.4 Å². The molecule has 1 aliphatic heterocycles. The quantitative estimate of drug-likeness (QED) is 0.667. The third-order valence-electron chi connectivity index (χ3n) is 4.44. The molecule has 1 aliphatic rings. The van der Waals surface area contributed by atoms with Gasteiger partial charge in [-0.15, -0.1) is 0 Å². The smallest absolute Gasteiger partial charge is 0.251 e. The standard InChI is InChI=1S/C19H29N3O3/c1-3-9-19(2,20)18(24)22-12-14-6-4-7-15(11-14)17(23)21-13-16-8-5-10-25-16/h4,6-7,11,16H,3,5,8-10,12-13,20H2,1-2H3,(H,21,23)(H,22,24). The van der Waals surface area contributed by atoms with Crippen LogP contribution in [0.4, 0.5) is 0 Å². The summed E-state index contributed by atoms with van der Waals surface area (Å²) in [6, 6.07) is 7.25. The molecule has 138 valence electrons. The molecule has 0 spiro atoms. The van der Waals surface area contributed by atoms with E-state index in [2.05, 4.69) is 10.6 Å². The topological polar surface area (TPSA) is 93.5 Å². The minimum atomic E-state index is -0.870. The van der Waals surface area contributed by atoms with Crippen LogP contribution in [0.5, 0.6) is 0 Å². The zero-order valence-corrected chi connectivity index (χ0v) is 15.1. The number of nitrogens with two attached hydrogens (primary N) is 1. The average Bonchev–Trinajstić information content (AvgIpc) is 3.11. The van der Waals surface area contributed by atoms with Gasteiger partial charge in [-0.05, 0) is 43.9 Å². The Morgan fingerprint density at radius 1 is 1.36 bits per heavy atom. The molecular weight excluding hydrogens is 318 g/mol. The Balaban J connectivity index is 1.87. The van der Waals surface area contributed by atoms with Crippen LogP contribution in [0.3, 0.4) is 0 Å². The minimum Gasteiger partial charge on any atom is -0.376 e. The maximum Gasteiger partial charge on any atom is 0.251 e. The van der Waals surface area contributed by atoms with Gasteiger partial charge in [0.05, 0.1) is 11.6 Å². The molecular formula is C19H29N3O3. The SMILES string of the molecule is CCCC(C)(N)C(=O)NCc1cccc(C(=O)NCC2CCCO2)c1. The Labute approximate surface area is 149 Å². The molecule has 2 atom stereocenters. The van der Waals surface area contributed by atoms with Crippen molar-refractivity contribution in [3.63, 3.8) is 0 Å². The van der Waals surface area contributed by atoms with Crippen LogP contribution in [0.15, 0.2) is 24.3 Å². The van der Waals surface area contributed by atoms with Crippen molar-refractivity contribution in [2.24, 2.45) is 5.73 Å². The Morgan fingerprint density at radius 2 is 2.16 bits per heavy atom. The van der Waals surface area contributed by atoms with Gasteiger partial charge in [-0.3, -0.25) is 9.59 Å². The summed E-state index contributed by atoms with van der Waals surface area (Å²) < 4.78 is 5.51. The molecule has 1 aromatic carbocycles. The molecule has 1 saturated heterocycles. The number of ether oxygens (including phenoxy) is 1. The van der Waals surface area contributed by atoms with E-state index in [0.29, 0.717) is 25.1 Å². The third-order valence-corrected chi connectivity index (χ3v) is 4.44. The molecule has 25 heavy (non-hydrogen) atoms. The number of hydrogen-bond acceptors (Lipinski definition) is 4. The molecule has 0 saturated carbocycles. The van der Waals surface area contributed by atoms with Crippen molar-refractivity contribution in [2.45, 2.75) is 57.7 Å². The van der Waals surface area contributed by atoms with Gasteiger partial charge in [0.2, 0.25) is 5.91 Å². The number of hydrogen-bond donors (Lipinski definition) is 3. The van der Waals surface area contributed by atoms with Gasteiger partial charge in [0, 0.05) is 25.3 Å². The van der Waals surface area contributed by atoms with Gasteiger partial charge in [-0.1, -0.05) is 25.5 Å². The lowest BCUT2D eigenvalue weighted by Crippen LogP contribution is -2.51. The normalized spacial score (nSPS) is 19.2. The van der Waals surface area contributed by atoms with E-state index in [9.17, 15) is 9.59 Å². The minimum absolute atomic E-state index is 0.118. The van der Waals surface area contributed by atoms with Crippen LogP contribution in [0.1, 0.15) is 55.5 Å². The fraction of sp³-hybridized carbons (Fsp3) is 0.579. The first-order valence-corrected chi connectivity index (χ1v) is 8.98. The second-order valence-electron chi connectivity index (χ2n) is 6.90. The molecule has 6 nitrogen and oxygen atoms in total. The first-order valence-electron chi connectivity index (χ1n) is 8.98. The Kier molecular flexibility index (Phi) is 6.96. The van der Waals surface area contributed by atoms with E-state index in [1.54, 1.807) is 19.1 Å². The third kappa shape index (κ3) is 5.83. The number of carbonyl (C=O) groups excluding carboxylic acids is 2. The van der Waals surface area contributed by atoms with E-state index in [0.717, 1.165) is 31.4 Å². The van der Waals surface area contributed by atoms with Crippen LogP contribution < -0.4 is 16.4 Å². The summed E-state index contributed by atoms with van der Waals surface area (Å²) in [7, 11) is 0. The molecule has 2 amide bonds.